The van der Waals surface area contributed by atoms with Gasteiger partial charge in [0.1, 0.15) is 10.7 Å². The quantitative estimate of drug-likeness (QED) is 0.775. The van der Waals surface area contributed by atoms with Gasteiger partial charge in [-0.05, 0) is 30.9 Å². The third-order valence-electron chi connectivity index (χ3n) is 3.19. The molecule has 8 heteroatoms. The molecular formula is C13H18BrFN2O2S2. The van der Waals surface area contributed by atoms with Gasteiger partial charge in [0, 0.05) is 28.4 Å². The maximum atomic E-state index is 14.5. The van der Waals surface area contributed by atoms with Crippen molar-refractivity contribution in [2.24, 2.45) is 0 Å². The second-order valence-corrected chi connectivity index (χ2v) is 8.59. The van der Waals surface area contributed by atoms with Gasteiger partial charge in [0.2, 0.25) is 10.0 Å². The Morgan fingerprint density at radius 3 is 2.86 bits per heavy atom. The molecule has 1 aliphatic rings. The van der Waals surface area contributed by atoms with E-state index in [1.54, 1.807) is 17.8 Å². The van der Waals surface area contributed by atoms with E-state index in [-0.39, 0.29) is 10.9 Å². The highest BCUT2D eigenvalue weighted by Crippen LogP contribution is 2.26. The Hall–Kier alpha value is -0.150. The predicted octanol–water partition coefficient (Wildman–Crippen LogP) is 2.48. The summed E-state index contributed by atoms with van der Waals surface area (Å²) >= 11 is 4.95. The summed E-state index contributed by atoms with van der Waals surface area (Å²) in [4.78, 5) is -0.290. The molecule has 1 saturated heterocycles. The number of hydrogen-bond donors (Lipinski definition) is 2. The Bertz CT molecular complexity index is 604. The van der Waals surface area contributed by atoms with Gasteiger partial charge in [-0.3, -0.25) is 0 Å². The topological polar surface area (TPSA) is 58.2 Å². The minimum Gasteiger partial charge on any atom is -0.313 e. The molecule has 1 heterocycles. The van der Waals surface area contributed by atoms with E-state index in [0.717, 1.165) is 17.9 Å². The highest BCUT2D eigenvalue weighted by molar-refractivity contribution is 9.10. The molecule has 0 bridgehead atoms. The Kier molecular flexibility index (Phi) is 6.07. The Morgan fingerprint density at radius 2 is 2.24 bits per heavy atom. The minimum atomic E-state index is -3.84. The second-order valence-electron chi connectivity index (χ2n) is 4.84. The fourth-order valence-corrected chi connectivity index (χ4v) is 5.44. The lowest BCUT2D eigenvalue weighted by Gasteiger charge is -2.15. The first-order valence-electron chi connectivity index (χ1n) is 6.72. The first kappa shape index (κ1) is 17.2. The largest absolute Gasteiger partial charge is 0.313 e. The number of rotatable bonds is 6. The van der Waals surface area contributed by atoms with Crippen LogP contribution in [0.25, 0.3) is 0 Å². The van der Waals surface area contributed by atoms with Gasteiger partial charge in [-0.2, -0.15) is 11.8 Å². The first-order valence-corrected chi connectivity index (χ1v) is 10.2. The maximum Gasteiger partial charge on any atom is 0.243 e. The zero-order chi connectivity index (χ0) is 15.5. The van der Waals surface area contributed by atoms with Crippen molar-refractivity contribution < 1.29 is 12.8 Å². The molecule has 21 heavy (non-hydrogen) atoms. The van der Waals surface area contributed by atoms with Crippen LogP contribution in [0.2, 0.25) is 0 Å². The third kappa shape index (κ3) is 4.41. The molecule has 1 aliphatic heterocycles. The van der Waals surface area contributed by atoms with Crippen LogP contribution < -0.4 is 10.0 Å². The SMILES string of the molecule is CCNCc1cc(Br)cc(S(=O)(=O)NC2CCSC2)c1F. The molecule has 2 rings (SSSR count). The van der Waals surface area contributed by atoms with Gasteiger partial charge < -0.3 is 5.32 Å². The molecule has 0 aliphatic carbocycles. The molecule has 0 saturated carbocycles. The number of thioether (sulfide) groups is 1. The third-order valence-corrected chi connectivity index (χ3v) is 6.33. The number of benzene rings is 1. The number of hydrogen-bond acceptors (Lipinski definition) is 4. The van der Waals surface area contributed by atoms with E-state index in [0.29, 0.717) is 23.1 Å². The van der Waals surface area contributed by atoms with Crippen molar-refractivity contribution in [3.63, 3.8) is 0 Å². The number of halogens is 2. The number of nitrogens with one attached hydrogen (secondary N) is 2. The molecule has 1 aromatic carbocycles. The zero-order valence-corrected chi connectivity index (χ0v) is 14.9. The summed E-state index contributed by atoms with van der Waals surface area (Å²) in [6.45, 7) is 2.89. The maximum absolute atomic E-state index is 14.5. The smallest absolute Gasteiger partial charge is 0.243 e. The first-order chi connectivity index (χ1) is 9.94. The van der Waals surface area contributed by atoms with E-state index in [4.69, 9.17) is 0 Å². The van der Waals surface area contributed by atoms with Crippen LogP contribution in [0, 0.1) is 5.82 Å². The molecule has 2 N–H and O–H groups in total. The van der Waals surface area contributed by atoms with Crippen LogP contribution in [0.15, 0.2) is 21.5 Å². The van der Waals surface area contributed by atoms with Crippen LogP contribution in [0.3, 0.4) is 0 Å². The van der Waals surface area contributed by atoms with Gasteiger partial charge in [0.25, 0.3) is 0 Å². The molecule has 1 unspecified atom stereocenters. The summed E-state index contributed by atoms with van der Waals surface area (Å²) in [6.07, 6.45) is 0.782. The molecule has 0 amide bonds. The van der Waals surface area contributed by atoms with Crippen molar-refractivity contribution in [3.8, 4) is 0 Å². The molecule has 1 atom stereocenters. The lowest BCUT2D eigenvalue weighted by atomic mass is 10.2. The molecule has 118 valence electrons. The van der Waals surface area contributed by atoms with Gasteiger partial charge in [-0.1, -0.05) is 22.9 Å². The highest BCUT2D eigenvalue weighted by atomic mass is 79.9. The predicted molar refractivity (Wildman–Crippen MR) is 87.5 cm³/mol. The van der Waals surface area contributed by atoms with Crippen molar-refractivity contribution in [1.82, 2.24) is 10.0 Å². The van der Waals surface area contributed by atoms with Crippen molar-refractivity contribution in [1.29, 1.82) is 0 Å². The Morgan fingerprint density at radius 1 is 1.48 bits per heavy atom. The number of sulfonamides is 1. The molecule has 0 aromatic heterocycles. The van der Waals surface area contributed by atoms with E-state index in [9.17, 15) is 12.8 Å². The molecule has 0 spiro atoms. The summed E-state index contributed by atoms with van der Waals surface area (Å²) in [5.74, 6) is 0.983. The molecule has 0 radical (unpaired) electrons. The van der Waals surface area contributed by atoms with Gasteiger partial charge in [0.05, 0.1) is 0 Å². The minimum absolute atomic E-state index is 0.115. The highest BCUT2D eigenvalue weighted by Gasteiger charge is 2.27. The summed E-state index contributed by atoms with van der Waals surface area (Å²) in [5, 5.41) is 3.00. The Labute approximate surface area is 137 Å². The molecular weight excluding hydrogens is 379 g/mol. The lowest BCUT2D eigenvalue weighted by Crippen LogP contribution is -2.35. The second kappa shape index (κ2) is 7.41. The van der Waals surface area contributed by atoms with E-state index in [2.05, 4.69) is 26.0 Å². The summed E-state index contributed by atoms with van der Waals surface area (Å²) < 4.78 is 42.4. The summed E-state index contributed by atoms with van der Waals surface area (Å²) in [7, 11) is -3.84. The van der Waals surface area contributed by atoms with Crippen LogP contribution in [0.5, 0.6) is 0 Å². The summed E-state index contributed by atoms with van der Waals surface area (Å²) in [6, 6.07) is 2.80. The van der Waals surface area contributed by atoms with Crippen LogP contribution >= 0.6 is 27.7 Å². The average Bonchev–Trinajstić information content (AvgIpc) is 2.91. The molecule has 1 aromatic rings. The van der Waals surface area contributed by atoms with E-state index >= 15 is 0 Å². The van der Waals surface area contributed by atoms with Gasteiger partial charge >= 0.3 is 0 Å². The zero-order valence-electron chi connectivity index (χ0n) is 11.7. The van der Waals surface area contributed by atoms with Gasteiger partial charge in [0.15, 0.2) is 0 Å². The Balaban J connectivity index is 2.30. The molecule has 1 fully saturated rings. The van der Waals surface area contributed by atoms with Crippen molar-refractivity contribution in [2.75, 3.05) is 18.1 Å². The average molecular weight is 397 g/mol. The van der Waals surface area contributed by atoms with Crippen LogP contribution in [-0.4, -0.2) is 32.5 Å². The van der Waals surface area contributed by atoms with Gasteiger partial charge in [-0.25, -0.2) is 17.5 Å². The molecule has 4 nitrogen and oxygen atoms in total. The van der Waals surface area contributed by atoms with Crippen molar-refractivity contribution in [2.45, 2.75) is 30.8 Å². The monoisotopic (exact) mass is 396 g/mol. The lowest BCUT2D eigenvalue weighted by molar-refractivity contribution is 0.534. The van der Waals surface area contributed by atoms with Gasteiger partial charge in [-0.15, -0.1) is 0 Å². The fourth-order valence-electron chi connectivity index (χ4n) is 2.11. The van der Waals surface area contributed by atoms with Crippen molar-refractivity contribution >= 4 is 37.7 Å². The van der Waals surface area contributed by atoms with Crippen molar-refractivity contribution in [3.05, 3.63) is 28.0 Å². The van der Waals surface area contributed by atoms with Crippen LogP contribution in [-0.2, 0) is 16.6 Å². The van der Waals surface area contributed by atoms with Crippen LogP contribution in [0.4, 0.5) is 4.39 Å². The standard InChI is InChI=1S/C13H18BrFN2O2S2/c1-2-16-7-9-5-10(14)6-12(13(9)15)21(18,19)17-11-3-4-20-8-11/h5-6,11,16-17H,2-4,7-8H2,1H3. The van der Waals surface area contributed by atoms with E-state index in [1.807, 2.05) is 6.92 Å². The fraction of sp³-hybridized carbons (Fsp3) is 0.538. The normalized spacial score (nSPS) is 19.1. The van der Waals surface area contributed by atoms with E-state index < -0.39 is 15.8 Å². The van der Waals surface area contributed by atoms with E-state index in [1.165, 1.54) is 6.07 Å². The summed E-state index contributed by atoms with van der Waals surface area (Å²) in [5.41, 5.74) is 0.340. The van der Waals surface area contributed by atoms with Crippen LogP contribution in [0.1, 0.15) is 18.9 Å².